The van der Waals surface area contributed by atoms with Crippen LogP contribution in [0.25, 0.3) is 0 Å². The van der Waals surface area contributed by atoms with Crippen LogP contribution in [0.4, 0.5) is 0 Å². The predicted octanol–water partition coefficient (Wildman–Crippen LogP) is 4.18. The molecular weight excluding hydrogens is 404 g/mol. The summed E-state index contributed by atoms with van der Waals surface area (Å²) in [6.07, 6.45) is 10.9. The molecule has 0 atom stereocenters. The van der Waals surface area contributed by atoms with Crippen LogP contribution < -0.4 is 10.1 Å². The lowest BCUT2D eigenvalue weighted by Crippen LogP contribution is -2.47. The van der Waals surface area contributed by atoms with Gasteiger partial charge in [0.2, 0.25) is 5.91 Å². The second-order valence-electron chi connectivity index (χ2n) is 9.77. The summed E-state index contributed by atoms with van der Waals surface area (Å²) in [5.74, 6) is 1.13. The van der Waals surface area contributed by atoms with Gasteiger partial charge in [0.05, 0.1) is 18.8 Å². The molecular formula is C26H38N2O4. The molecule has 1 saturated heterocycles. The Balaban J connectivity index is 1.43. The number of hydrogen-bond donors (Lipinski definition) is 1. The van der Waals surface area contributed by atoms with E-state index in [-0.39, 0.29) is 17.2 Å². The van der Waals surface area contributed by atoms with E-state index in [1.807, 2.05) is 24.3 Å². The van der Waals surface area contributed by atoms with Crippen molar-refractivity contribution in [2.45, 2.75) is 64.2 Å². The molecule has 1 saturated carbocycles. The van der Waals surface area contributed by atoms with Gasteiger partial charge in [-0.05, 0) is 50.7 Å². The number of hydrogen-bond acceptors (Lipinski definition) is 4. The van der Waals surface area contributed by atoms with Gasteiger partial charge in [0, 0.05) is 37.6 Å². The zero-order valence-corrected chi connectivity index (χ0v) is 19.3. The third-order valence-electron chi connectivity index (χ3n) is 7.53. The maximum Gasteiger partial charge on any atom is 0.255 e. The number of nitrogens with one attached hydrogen (secondary N) is 1. The summed E-state index contributed by atoms with van der Waals surface area (Å²) in [5, 5.41) is 2.93. The first-order valence-corrected chi connectivity index (χ1v) is 12.5. The number of piperidine rings is 1. The summed E-state index contributed by atoms with van der Waals surface area (Å²) in [6.45, 7) is 3.97. The summed E-state index contributed by atoms with van der Waals surface area (Å²) >= 11 is 0. The van der Waals surface area contributed by atoms with E-state index in [0.29, 0.717) is 37.0 Å². The number of benzene rings is 1. The number of rotatable bonds is 1. The van der Waals surface area contributed by atoms with Gasteiger partial charge in [-0.1, -0.05) is 37.8 Å². The van der Waals surface area contributed by atoms with Gasteiger partial charge in [-0.2, -0.15) is 0 Å². The van der Waals surface area contributed by atoms with E-state index in [1.54, 1.807) is 0 Å². The van der Waals surface area contributed by atoms with Gasteiger partial charge < -0.3 is 19.7 Å². The number of ether oxygens (including phenoxy) is 2. The van der Waals surface area contributed by atoms with Crippen molar-refractivity contribution < 1.29 is 19.1 Å². The highest BCUT2D eigenvalue weighted by atomic mass is 16.5. The topological polar surface area (TPSA) is 67.9 Å². The fraction of sp³-hybridized carbons (Fsp3) is 0.692. The molecule has 3 aliphatic rings. The van der Waals surface area contributed by atoms with Crippen LogP contribution in [0.3, 0.4) is 0 Å². The Morgan fingerprint density at radius 2 is 1.75 bits per heavy atom. The van der Waals surface area contributed by atoms with Gasteiger partial charge in [-0.15, -0.1) is 0 Å². The van der Waals surface area contributed by atoms with Gasteiger partial charge in [0.25, 0.3) is 5.91 Å². The lowest BCUT2D eigenvalue weighted by molar-refractivity contribution is -0.139. The normalized spacial score (nSPS) is 23.5. The Morgan fingerprint density at radius 3 is 2.56 bits per heavy atom. The Bertz CT molecular complexity index is 767. The monoisotopic (exact) mass is 442 g/mol. The summed E-state index contributed by atoms with van der Waals surface area (Å²) in [4.78, 5) is 27.8. The predicted molar refractivity (Wildman–Crippen MR) is 124 cm³/mol. The van der Waals surface area contributed by atoms with Crippen molar-refractivity contribution >= 4 is 11.8 Å². The van der Waals surface area contributed by atoms with Crippen LogP contribution in [-0.2, 0) is 9.53 Å². The second kappa shape index (κ2) is 11.2. The summed E-state index contributed by atoms with van der Waals surface area (Å²) in [6, 6.07) is 7.48. The molecule has 32 heavy (non-hydrogen) atoms. The third-order valence-corrected chi connectivity index (χ3v) is 7.53. The first-order valence-electron chi connectivity index (χ1n) is 12.5. The van der Waals surface area contributed by atoms with Crippen molar-refractivity contribution in [3.05, 3.63) is 29.8 Å². The van der Waals surface area contributed by atoms with Crippen molar-refractivity contribution in [2.24, 2.45) is 11.3 Å². The van der Waals surface area contributed by atoms with E-state index in [9.17, 15) is 9.59 Å². The van der Waals surface area contributed by atoms with Crippen molar-refractivity contribution in [1.29, 1.82) is 0 Å². The molecule has 4 rings (SSSR count). The molecule has 2 heterocycles. The van der Waals surface area contributed by atoms with Crippen molar-refractivity contribution in [3.63, 3.8) is 0 Å². The van der Waals surface area contributed by atoms with Crippen LogP contribution in [0.2, 0.25) is 0 Å². The maximum absolute atomic E-state index is 13.0. The zero-order chi connectivity index (χ0) is 22.2. The van der Waals surface area contributed by atoms with Crippen LogP contribution in [-0.4, -0.2) is 56.2 Å². The molecule has 0 bridgehead atoms. The molecule has 1 aliphatic carbocycles. The fourth-order valence-corrected chi connectivity index (χ4v) is 5.42. The van der Waals surface area contributed by atoms with Crippen molar-refractivity contribution in [3.8, 4) is 5.75 Å². The molecule has 2 aliphatic heterocycles. The van der Waals surface area contributed by atoms with E-state index in [1.165, 1.54) is 19.3 Å². The molecule has 0 unspecified atom stereocenters. The standard InChI is InChI=1S/C26H38N2O4/c29-24-22-10-4-5-11-23(22)32-20-26(12-6-7-18-31-19-15-27-24)13-16-28(17-14-26)25(30)21-8-2-1-3-9-21/h4-5,10-11,21H,1-3,6-9,12-20H2,(H,27,29). The highest BCUT2D eigenvalue weighted by molar-refractivity contribution is 5.96. The summed E-state index contributed by atoms with van der Waals surface area (Å²) in [5.41, 5.74) is 0.612. The molecule has 1 aromatic carbocycles. The van der Waals surface area contributed by atoms with E-state index < -0.39 is 0 Å². The molecule has 0 aromatic heterocycles. The van der Waals surface area contributed by atoms with Crippen molar-refractivity contribution in [1.82, 2.24) is 10.2 Å². The number of carbonyl (C=O) groups is 2. The van der Waals surface area contributed by atoms with Crippen LogP contribution in [0, 0.1) is 11.3 Å². The molecule has 176 valence electrons. The summed E-state index contributed by atoms with van der Waals surface area (Å²) < 4.78 is 12.0. The van der Waals surface area contributed by atoms with Crippen molar-refractivity contribution in [2.75, 3.05) is 39.5 Å². The minimum Gasteiger partial charge on any atom is -0.492 e. The average Bonchev–Trinajstić information content (AvgIpc) is 2.84. The van der Waals surface area contributed by atoms with Gasteiger partial charge in [-0.25, -0.2) is 0 Å². The highest BCUT2D eigenvalue weighted by Crippen LogP contribution is 2.39. The number of carbonyl (C=O) groups excluding carboxylic acids is 2. The third kappa shape index (κ3) is 5.83. The Kier molecular flexibility index (Phi) is 8.06. The van der Waals surface area contributed by atoms with Gasteiger partial charge in [0.1, 0.15) is 5.75 Å². The number of para-hydroxylation sites is 1. The smallest absolute Gasteiger partial charge is 0.255 e. The average molecular weight is 443 g/mol. The van der Waals surface area contributed by atoms with E-state index in [0.717, 1.165) is 64.6 Å². The first kappa shape index (κ1) is 23.1. The van der Waals surface area contributed by atoms with Crippen LogP contribution >= 0.6 is 0 Å². The number of fused-ring (bicyclic) bond motifs is 1. The number of amides is 2. The van der Waals surface area contributed by atoms with Gasteiger partial charge >= 0.3 is 0 Å². The van der Waals surface area contributed by atoms with E-state index >= 15 is 0 Å². The Hall–Kier alpha value is -2.08. The van der Waals surface area contributed by atoms with Gasteiger partial charge in [0.15, 0.2) is 0 Å². The maximum atomic E-state index is 13.0. The number of nitrogens with zero attached hydrogens (tertiary/aromatic N) is 1. The molecule has 6 nitrogen and oxygen atoms in total. The first-order chi connectivity index (χ1) is 15.7. The SMILES string of the molecule is O=C1NCCOCCCCC2(CCN(C(=O)C3CCCCC3)CC2)COc2ccccc21. The minimum absolute atomic E-state index is 0.0387. The molecule has 2 fully saturated rings. The van der Waals surface area contributed by atoms with Gasteiger partial charge in [-0.3, -0.25) is 9.59 Å². The molecule has 2 amide bonds. The van der Waals surface area contributed by atoms with E-state index in [4.69, 9.17) is 9.47 Å². The lowest BCUT2D eigenvalue weighted by Gasteiger charge is -2.43. The van der Waals surface area contributed by atoms with Crippen LogP contribution in [0.1, 0.15) is 74.6 Å². The van der Waals surface area contributed by atoms with Crippen LogP contribution in [0.15, 0.2) is 24.3 Å². The Morgan fingerprint density at radius 1 is 0.969 bits per heavy atom. The molecule has 6 heteroatoms. The minimum atomic E-state index is -0.122. The summed E-state index contributed by atoms with van der Waals surface area (Å²) in [7, 11) is 0. The quantitative estimate of drug-likeness (QED) is 0.708. The molecule has 1 aromatic rings. The highest BCUT2D eigenvalue weighted by Gasteiger charge is 2.38. The second-order valence-corrected chi connectivity index (χ2v) is 9.77. The Labute approximate surface area is 192 Å². The largest absolute Gasteiger partial charge is 0.492 e. The van der Waals surface area contributed by atoms with E-state index in [2.05, 4.69) is 10.2 Å². The molecule has 1 spiro atoms. The molecule has 1 N–H and O–H groups in total. The molecule has 0 radical (unpaired) electrons. The van der Waals surface area contributed by atoms with Crippen LogP contribution in [0.5, 0.6) is 5.75 Å². The lowest BCUT2D eigenvalue weighted by atomic mass is 9.74. The zero-order valence-electron chi connectivity index (χ0n) is 19.3. The number of likely N-dealkylation sites (tertiary alicyclic amines) is 1. The fourth-order valence-electron chi connectivity index (χ4n) is 5.42.